The Morgan fingerprint density at radius 2 is 2.10 bits per heavy atom. The van der Waals surface area contributed by atoms with Crippen molar-refractivity contribution in [3.05, 3.63) is 41.2 Å². The lowest BCUT2D eigenvalue weighted by atomic mass is 10.1. The Balaban J connectivity index is 2.16. The van der Waals surface area contributed by atoms with E-state index in [-0.39, 0.29) is 6.54 Å². The van der Waals surface area contributed by atoms with Crippen molar-refractivity contribution < 1.29 is 13.2 Å². The molecule has 0 saturated heterocycles. The quantitative estimate of drug-likeness (QED) is 0.911. The molecule has 1 N–H and O–H groups in total. The monoisotopic (exact) mass is 285 g/mol. The SMILES string of the molecule is CCNCc1nnnn1Cc1cccc(C(F)(F)F)c1. The number of rotatable bonds is 5. The van der Waals surface area contributed by atoms with E-state index >= 15 is 0 Å². The maximum Gasteiger partial charge on any atom is 0.416 e. The maximum absolute atomic E-state index is 12.6. The average molecular weight is 285 g/mol. The minimum absolute atomic E-state index is 0.206. The van der Waals surface area contributed by atoms with Crippen LogP contribution < -0.4 is 5.32 Å². The molecule has 20 heavy (non-hydrogen) atoms. The normalized spacial score (nSPS) is 11.8. The zero-order valence-electron chi connectivity index (χ0n) is 10.9. The van der Waals surface area contributed by atoms with Gasteiger partial charge in [0.2, 0.25) is 0 Å². The van der Waals surface area contributed by atoms with Crippen LogP contribution in [-0.2, 0) is 19.3 Å². The molecular formula is C12H14F3N5. The third kappa shape index (κ3) is 3.53. The first kappa shape index (κ1) is 14.4. The fourth-order valence-electron chi connectivity index (χ4n) is 1.73. The molecule has 0 fully saturated rings. The van der Waals surface area contributed by atoms with E-state index in [9.17, 15) is 13.2 Å². The van der Waals surface area contributed by atoms with Gasteiger partial charge in [-0.3, -0.25) is 0 Å². The van der Waals surface area contributed by atoms with E-state index in [2.05, 4.69) is 20.8 Å². The predicted octanol–water partition coefficient (Wildman–Crippen LogP) is 1.85. The lowest BCUT2D eigenvalue weighted by molar-refractivity contribution is -0.137. The third-order valence-corrected chi connectivity index (χ3v) is 2.73. The molecule has 0 saturated carbocycles. The van der Waals surface area contributed by atoms with Gasteiger partial charge in [-0.05, 0) is 34.7 Å². The van der Waals surface area contributed by atoms with Gasteiger partial charge in [-0.2, -0.15) is 13.2 Å². The van der Waals surface area contributed by atoms with Gasteiger partial charge in [0.05, 0.1) is 18.7 Å². The molecule has 1 aromatic heterocycles. The van der Waals surface area contributed by atoms with Gasteiger partial charge in [-0.25, -0.2) is 4.68 Å². The summed E-state index contributed by atoms with van der Waals surface area (Å²) >= 11 is 0. The Labute approximate surface area is 113 Å². The van der Waals surface area contributed by atoms with Crippen LogP contribution in [0.15, 0.2) is 24.3 Å². The summed E-state index contributed by atoms with van der Waals surface area (Å²) in [6.45, 7) is 3.39. The number of benzene rings is 1. The Morgan fingerprint density at radius 1 is 1.30 bits per heavy atom. The number of alkyl halides is 3. The summed E-state index contributed by atoms with van der Waals surface area (Å²) in [6, 6.07) is 5.15. The second-order valence-electron chi connectivity index (χ2n) is 4.23. The Bertz CT molecular complexity index is 564. The summed E-state index contributed by atoms with van der Waals surface area (Å²) in [5, 5.41) is 14.2. The average Bonchev–Trinajstić information content (AvgIpc) is 2.83. The summed E-state index contributed by atoms with van der Waals surface area (Å²) in [5.74, 6) is 0.587. The molecular weight excluding hydrogens is 271 g/mol. The highest BCUT2D eigenvalue weighted by molar-refractivity contribution is 5.25. The van der Waals surface area contributed by atoms with E-state index < -0.39 is 11.7 Å². The van der Waals surface area contributed by atoms with Gasteiger partial charge >= 0.3 is 6.18 Å². The van der Waals surface area contributed by atoms with E-state index in [1.165, 1.54) is 10.7 Å². The molecule has 2 rings (SSSR count). The molecule has 0 amide bonds. The zero-order valence-corrected chi connectivity index (χ0v) is 10.9. The van der Waals surface area contributed by atoms with Gasteiger partial charge in [0.25, 0.3) is 0 Å². The third-order valence-electron chi connectivity index (χ3n) is 2.73. The second kappa shape index (κ2) is 6.00. The van der Waals surface area contributed by atoms with Crippen molar-refractivity contribution in [2.45, 2.75) is 26.2 Å². The van der Waals surface area contributed by atoms with Crippen LogP contribution in [0, 0.1) is 0 Å². The molecule has 1 aromatic carbocycles. The molecule has 2 aromatic rings. The molecule has 108 valence electrons. The molecule has 0 spiro atoms. The minimum Gasteiger partial charge on any atom is -0.310 e. The molecule has 0 unspecified atom stereocenters. The fraction of sp³-hybridized carbons (Fsp3) is 0.417. The standard InChI is InChI=1S/C12H14F3N5/c1-2-16-7-11-17-18-19-20(11)8-9-4-3-5-10(6-9)12(13,14)15/h3-6,16H,2,7-8H2,1H3. The molecule has 0 atom stereocenters. The molecule has 8 heteroatoms. The fourth-order valence-corrected chi connectivity index (χ4v) is 1.73. The lowest BCUT2D eigenvalue weighted by Gasteiger charge is -2.09. The number of nitrogens with zero attached hydrogens (tertiary/aromatic N) is 4. The van der Waals surface area contributed by atoms with E-state index in [0.29, 0.717) is 17.9 Å². The predicted molar refractivity (Wildman–Crippen MR) is 65.7 cm³/mol. The molecule has 0 radical (unpaired) electrons. The largest absolute Gasteiger partial charge is 0.416 e. The van der Waals surface area contributed by atoms with Crippen molar-refractivity contribution in [2.24, 2.45) is 0 Å². The Kier molecular flexibility index (Phi) is 4.33. The summed E-state index contributed by atoms with van der Waals surface area (Å²) in [5.41, 5.74) is -0.166. The summed E-state index contributed by atoms with van der Waals surface area (Å²) in [4.78, 5) is 0. The molecule has 1 heterocycles. The van der Waals surface area contributed by atoms with Crippen LogP contribution in [0.4, 0.5) is 13.2 Å². The van der Waals surface area contributed by atoms with Gasteiger partial charge in [-0.15, -0.1) is 5.10 Å². The summed E-state index contributed by atoms with van der Waals surface area (Å²) < 4.78 is 39.4. The van der Waals surface area contributed by atoms with Crippen LogP contribution in [0.25, 0.3) is 0 Å². The minimum atomic E-state index is -4.34. The number of halogens is 3. The van der Waals surface area contributed by atoms with Crippen molar-refractivity contribution in [1.82, 2.24) is 25.5 Å². The smallest absolute Gasteiger partial charge is 0.310 e. The number of hydrogen-bond donors (Lipinski definition) is 1. The number of tetrazole rings is 1. The molecule has 5 nitrogen and oxygen atoms in total. The van der Waals surface area contributed by atoms with Gasteiger partial charge in [0.15, 0.2) is 5.82 Å². The highest BCUT2D eigenvalue weighted by Gasteiger charge is 2.30. The summed E-state index contributed by atoms with van der Waals surface area (Å²) in [7, 11) is 0. The van der Waals surface area contributed by atoms with Crippen LogP contribution in [0.3, 0.4) is 0 Å². The Hall–Kier alpha value is -1.96. The first-order chi connectivity index (χ1) is 9.50. The van der Waals surface area contributed by atoms with Gasteiger partial charge in [0, 0.05) is 0 Å². The number of nitrogens with one attached hydrogen (secondary N) is 1. The van der Waals surface area contributed by atoms with Crippen LogP contribution in [0.1, 0.15) is 23.9 Å². The molecule has 0 aliphatic rings. The van der Waals surface area contributed by atoms with Crippen molar-refractivity contribution in [1.29, 1.82) is 0 Å². The topological polar surface area (TPSA) is 55.6 Å². The Morgan fingerprint density at radius 3 is 2.80 bits per heavy atom. The van der Waals surface area contributed by atoms with Gasteiger partial charge in [-0.1, -0.05) is 19.1 Å². The van der Waals surface area contributed by atoms with Crippen LogP contribution in [0.5, 0.6) is 0 Å². The zero-order chi connectivity index (χ0) is 14.6. The van der Waals surface area contributed by atoms with Crippen molar-refractivity contribution in [3.63, 3.8) is 0 Å². The molecule has 0 aliphatic heterocycles. The lowest BCUT2D eigenvalue weighted by Crippen LogP contribution is -2.17. The van der Waals surface area contributed by atoms with Crippen LogP contribution in [-0.4, -0.2) is 26.8 Å². The second-order valence-corrected chi connectivity index (χ2v) is 4.23. The van der Waals surface area contributed by atoms with Crippen molar-refractivity contribution in [3.8, 4) is 0 Å². The maximum atomic E-state index is 12.6. The van der Waals surface area contributed by atoms with Crippen molar-refractivity contribution >= 4 is 0 Å². The van der Waals surface area contributed by atoms with Crippen LogP contribution >= 0.6 is 0 Å². The first-order valence-electron chi connectivity index (χ1n) is 6.12. The van der Waals surface area contributed by atoms with Gasteiger partial charge in [0.1, 0.15) is 0 Å². The number of aromatic nitrogens is 4. The van der Waals surface area contributed by atoms with E-state index in [0.717, 1.165) is 18.7 Å². The first-order valence-corrected chi connectivity index (χ1v) is 6.12. The van der Waals surface area contributed by atoms with E-state index in [1.54, 1.807) is 6.07 Å². The summed E-state index contributed by atoms with van der Waals surface area (Å²) in [6.07, 6.45) is -4.34. The number of hydrogen-bond acceptors (Lipinski definition) is 4. The molecule has 0 aliphatic carbocycles. The van der Waals surface area contributed by atoms with Gasteiger partial charge < -0.3 is 5.32 Å². The van der Waals surface area contributed by atoms with Crippen LogP contribution in [0.2, 0.25) is 0 Å². The highest BCUT2D eigenvalue weighted by atomic mass is 19.4. The molecule has 0 bridgehead atoms. The highest BCUT2D eigenvalue weighted by Crippen LogP contribution is 2.29. The van der Waals surface area contributed by atoms with E-state index in [1.807, 2.05) is 6.92 Å². The van der Waals surface area contributed by atoms with E-state index in [4.69, 9.17) is 0 Å². The van der Waals surface area contributed by atoms with Crippen molar-refractivity contribution in [2.75, 3.05) is 6.54 Å².